The van der Waals surface area contributed by atoms with Crippen molar-refractivity contribution in [2.45, 2.75) is 52.2 Å². The average molecular weight is 350 g/mol. The van der Waals surface area contributed by atoms with Crippen LogP contribution in [0.2, 0.25) is 0 Å². The third-order valence-electron chi connectivity index (χ3n) is 5.27. The molecule has 1 saturated heterocycles. The minimum Gasteiger partial charge on any atom is -0.366 e. The van der Waals surface area contributed by atoms with Gasteiger partial charge in [0.05, 0.1) is 0 Å². The molecule has 2 aromatic heterocycles. The maximum absolute atomic E-state index is 4.40. The summed E-state index contributed by atoms with van der Waals surface area (Å²) in [7, 11) is 0. The molecule has 3 aromatic rings. The molecule has 1 N–H and O–H groups in total. The lowest BCUT2D eigenvalue weighted by Gasteiger charge is -2.33. The van der Waals surface area contributed by atoms with E-state index < -0.39 is 0 Å². The highest BCUT2D eigenvalue weighted by molar-refractivity contribution is 5.45. The Morgan fingerprint density at radius 3 is 2.88 bits per heavy atom. The normalized spacial score (nSPS) is 18.3. The molecule has 0 radical (unpaired) electrons. The summed E-state index contributed by atoms with van der Waals surface area (Å²) in [5.41, 5.74) is 3.66. The molecule has 0 saturated carbocycles. The summed E-state index contributed by atoms with van der Waals surface area (Å²) < 4.78 is 1.75. The zero-order valence-electron chi connectivity index (χ0n) is 15.5. The second kappa shape index (κ2) is 7.41. The SMILES string of the molecule is Cc1cc(NCc2ccccc2CN2CCCC[C@H]2C)n2ncnc2n1. The summed E-state index contributed by atoms with van der Waals surface area (Å²) in [5.74, 6) is 1.55. The quantitative estimate of drug-likeness (QED) is 0.764. The van der Waals surface area contributed by atoms with Crippen LogP contribution >= 0.6 is 0 Å². The summed E-state index contributed by atoms with van der Waals surface area (Å²) in [6, 6.07) is 11.4. The number of aromatic nitrogens is 4. The fourth-order valence-corrected chi connectivity index (χ4v) is 3.74. The summed E-state index contributed by atoms with van der Waals surface area (Å²) in [5, 5.41) is 7.79. The van der Waals surface area contributed by atoms with E-state index in [9.17, 15) is 0 Å². The molecule has 26 heavy (non-hydrogen) atoms. The van der Waals surface area contributed by atoms with Crippen molar-refractivity contribution in [1.29, 1.82) is 0 Å². The Morgan fingerprint density at radius 1 is 1.19 bits per heavy atom. The Labute approximate surface area is 154 Å². The Hall–Kier alpha value is -2.47. The number of likely N-dealkylation sites (tertiary alicyclic amines) is 1. The smallest absolute Gasteiger partial charge is 0.254 e. The maximum atomic E-state index is 4.40. The van der Waals surface area contributed by atoms with E-state index in [0.29, 0.717) is 11.8 Å². The van der Waals surface area contributed by atoms with Gasteiger partial charge in [-0.1, -0.05) is 30.7 Å². The van der Waals surface area contributed by atoms with Gasteiger partial charge < -0.3 is 5.32 Å². The van der Waals surface area contributed by atoms with Crippen LogP contribution in [0.3, 0.4) is 0 Å². The van der Waals surface area contributed by atoms with E-state index in [0.717, 1.165) is 24.6 Å². The third kappa shape index (κ3) is 3.55. The van der Waals surface area contributed by atoms with Gasteiger partial charge in [-0.3, -0.25) is 4.90 Å². The second-order valence-corrected chi connectivity index (χ2v) is 7.19. The lowest BCUT2D eigenvalue weighted by Crippen LogP contribution is -2.37. The maximum Gasteiger partial charge on any atom is 0.254 e. The molecule has 1 fully saturated rings. The van der Waals surface area contributed by atoms with Crippen molar-refractivity contribution >= 4 is 11.6 Å². The Balaban J connectivity index is 1.52. The first-order chi connectivity index (χ1) is 12.7. The molecule has 0 bridgehead atoms. The monoisotopic (exact) mass is 350 g/mol. The van der Waals surface area contributed by atoms with Gasteiger partial charge in [0.1, 0.15) is 12.1 Å². The van der Waals surface area contributed by atoms with E-state index in [1.807, 2.05) is 13.0 Å². The van der Waals surface area contributed by atoms with E-state index in [1.54, 1.807) is 10.8 Å². The van der Waals surface area contributed by atoms with E-state index in [4.69, 9.17) is 0 Å². The molecule has 1 aliphatic rings. The van der Waals surface area contributed by atoms with Gasteiger partial charge in [-0.2, -0.15) is 14.6 Å². The lowest BCUT2D eigenvalue weighted by molar-refractivity contribution is 0.152. The number of hydrogen-bond acceptors (Lipinski definition) is 5. The Bertz CT molecular complexity index is 887. The first-order valence-corrected chi connectivity index (χ1v) is 9.43. The van der Waals surface area contributed by atoms with Crippen molar-refractivity contribution in [3.8, 4) is 0 Å². The van der Waals surface area contributed by atoms with Crippen molar-refractivity contribution in [2.75, 3.05) is 11.9 Å². The summed E-state index contributed by atoms with van der Waals surface area (Å²) in [6.07, 6.45) is 5.52. The molecule has 4 rings (SSSR count). The van der Waals surface area contributed by atoms with Gasteiger partial charge in [0.15, 0.2) is 0 Å². The van der Waals surface area contributed by atoms with Gasteiger partial charge in [-0.05, 0) is 44.4 Å². The van der Waals surface area contributed by atoms with Crippen molar-refractivity contribution < 1.29 is 0 Å². The lowest BCUT2D eigenvalue weighted by atomic mass is 10.0. The zero-order valence-corrected chi connectivity index (χ0v) is 15.5. The number of rotatable bonds is 5. The number of fused-ring (bicyclic) bond motifs is 1. The summed E-state index contributed by atoms with van der Waals surface area (Å²) in [4.78, 5) is 11.2. The molecule has 0 unspecified atom stereocenters. The summed E-state index contributed by atoms with van der Waals surface area (Å²) in [6.45, 7) is 7.31. The molecule has 0 amide bonds. The van der Waals surface area contributed by atoms with Crippen LogP contribution in [-0.4, -0.2) is 37.1 Å². The van der Waals surface area contributed by atoms with Gasteiger partial charge in [-0.15, -0.1) is 0 Å². The minimum atomic E-state index is 0.628. The molecule has 136 valence electrons. The van der Waals surface area contributed by atoms with Crippen molar-refractivity contribution in [2.24, 2.45) is 0 Å². The Kier molecular flexibility index (Phi) is 4.84. The average Bonchev–Trinajstić information content (AvgIpc) is 3.11. The molecule has 0 aliphatic carbocycles. The first kappa shape index (κ1) is 17.0. The topological polar surface area (TPSA) is 58.4 Å². The molecule has 1 aliphatic heterocycles. The predicted octanol–water partition coefficient (Wildman–Crippen LogP) is 3.42. The van der Waals surface area contributed by atoms with Crippen LogP contribution in [0.5, 0.6) is 0 Å². The zero-order chi connectivity index (χ0) is 17.9. The molecule has 3 heterocycles. The number of nitrogens with one attached hydrogen (secondary N) is 1. The van der Waals surface area contributed by atoms with Crippen molar-refractivity contribution in [3.05, 3.63) is 53.5 Å². The number of benzene rings is 1. The minimum absolute atomic E-state index is 0.628. The number of hydrogen-bond donors (Lipinski definition) is 1. The van der Waals surface area contributed by atoms with E-state index in [1.165, 1.54) is 36.9 Å². The standard InChI is InChI=1S/C20H26N6/c1-15-11-19(26-20(24-15)22-14-23-26)21-12-17-8-3-4-9-18(17)13-25-10-6-5-7-16(25)2/h3-4,8-9,11,14,16,21H,5-7,10,12-13H2,1-2H3/t16-/m1/s1. The number of anilines is 1. The van der Waals surface area contributed by atoms with Crippen LogP contribution in [0, 0.1) is 6.92 Å². The number of aryl methyl sites for hydroxylation is 1. The van der Waals surface area contributed by atoms with Crippen LogP contribution in [0.25, 0.3) is 5.78 Å². The molecule has 6 heteroatoms. The van der Waals surface area contributed by atoms with E-state index >= 15 is 0 Å². The second-order valence-electron chi connectivity index (χ2n) is 7.19. The van der Waals surface area contributed by atoms with Crippen LogP contribution in [0.1, 0.15) is 43.0 Å². The molecule has 1 atom stereocenters. The van der Waals surface area contributed by atoms with Gasteiger partial charge in [-0.25, -0.2) is 4.98 Å². The van der Waals surface area contributed by atoms with E-state index in [2.05, 4.69) is 56.5 Å². The van der Waals surface area contributed by atoms with Crippen molar-refractivity contribution in [1.82, 2.24) is 24.5 Å². The summed E-state index contributed by atoms with van der Waals surface area (Å²) >= 11 is 0. The Morgan fingerprint density at radius 2 is 2.04 bits per heavy atom. The molecular weight excluding hydrogens is 324 g/mol. The molecular formula is C20H26N6. The fraction of sp³-hybridized carbons (Fsp3) is 0.450. The molecule has 0 spiro atoms. The number of nitrogens with zero attached hydrogens (tertiary/aromatic N) is 5. The van der Waals surface area contributed by atoms with Crippen molar-refractivity contribution in [3.63, 3.8) is 0 Å². The number of piperidine rings is 1. The van der Waals surface area contributed by atoms with Crippen LogP contribution in [0.15, 0.2) is 36.7 Å². The highest BCUT2D eigenvalue weighted by Crippen LogP contribution is 2.21. The largest absolute Gasteiger partial charge is 0.366 e. The molecule has 6 nitrogen and oxygen atoms in total. The highest BCUT2D eigenvalue weighted by Gasteiger charge is 2.19. The van der Waals surface area contributed by atoms with Gasteiger partial charge in [0.2, 0.25) is 0 Å². The van der Waals surface area contributed by atoms with Gasteiger partial charge >= 0.3 is 0 Å². The predicted molar refractivity (Wildman–Crippen MR) is 103 cm³/mol. The van der Waals surface area contributed by atoms with Gasteiger partial charge in [0.25, 0.3) is 5.78 Å². The highest BCUT2D eigenvalue weighted by atomic mass is 15.3. The van der Waals surface area contributed by atoms with Crippen LogP contribution < -0.4 is 5.32 Å². The first-order valence-electron chi connectivity index (χ1n) is 9.43. The third-order valence-corrected chi connectivity index (χ3v) is 5.27. The molecule has 1 aromatic carbocycles. The van der Waals surface area contributed by atoms with Gasteiger partial charge in [0, 0.05) is 30.9 Å². The van der Waals surface area contributed by atoms with E-state index in [-0.39, 0.29) is 0 Å². The fourth-order valence-electron chi connectivity index (χ4n) is 3.74. The van der Waals surface area contributed by atoms with Crippen LogP contribution in [-0.2, 0) is 13.1 Å². The van der Waals surface area contributed by atoms with Crippen LogP contribution in [0.4, 0.5) is 5.82 Å².